The van der Waals surface area contributed by atoms with E-state index >= 15 is 0 Å². The van der Waals surface area contributed by atoms with E-state index < -0.39 is 0 Å². The largest absolute Gasteiger partial charge is 0.340 e. The minimum Gasteiger partial charge on any atom is -0.340 e. The van der Waals surface area contributed by atoms with Gasteiger partial charge in [0.15, 0.2) is 0 Å². The van der Waals surface area contributed by atoms with Gasteiger partial charge in [0.25, 0.3) is 0 Å². The molecule has 0 saturated carbocycles. The molecule has 2 aromatic carbocycles. The van der Waals surface area contributed by atoms with Crippen LogP contribution in [0.3, 0.4) is 0 Å². The van der Waals surface area contributed by atoms with E-state index in [-0.39, 0.29) is 5.91 Å². The maximum absolute atomic E-state index is 12.7. The molecule has 1 aliphatic heterocycles. The van der Waals surface area contributed by atoms with Gasteiger partial charge in [0.2, 0.25) is 11.9 Å². The summed E-state index contributed by atoms with van der Waals surface area (Å²) in [6.45, 7) is 3.96. The van der Waals surface area contributed by atoms with Gasteiger partial charge in [-0.3, -0.25) is 4.79 Å². The summed E-state index contributed by atoms with van der Waals surface area (Å²) < 4.78 is 0. The second-order valence-corrected chi connectivity index (χ2v) is 9.40. The average Bonchev–Trinajstić information content (AvgIpc) is 3.24. The summed E-state index contributed by atoms with van der Waals surface area (Å²) in [5, 5.41) is 9.85. The van der Waals surface area contributed by atoms with Crippen LogP contribution in [0.25, 0.3) is 0 Å². The van der Waals surface area contributed by atoms with Gasteiger partial charge in [0, 0.05) is 40.1 Å². The number of aromatic nitrogens is 3. The Morgan fingerprint density at radius 2 is 1.94 bits per heavy atom. The van der Waals surface area contributed by atoms with Crippen molar-refractivity contribution < 1.29 is 4.79 Å². The first kappa shape index (κ1) is 22.0. The number of amides is 1. The summed E-state index contributed by atoms with van der Waals surface area (Å²) in [5.41, 5.74) is 8.79. The van der Waals surface area contributed by atoms with Crippen LogP contribution in [0.4, 0.5) is 28.8 Å². The summed E-state index contributed by atoms with van der Waals surface area (Å²) in [6, 6.07) is 14.3. The van der Waals surface area contributed by atoms with Crippen LogP contribution >= 0.6 is 11.3 Å². The Balaban J connectivity index is 1.42. The molecule has 0 aliphatic carbocycles. The fourth-order valence-electron chi connectivity index (χ4n) is 3.98. The third kappa shape index (κ3) is 5.07. The molecule has 3 heterocycles. The van der Waals surface area contributed by atoms with E-state index in [0.29, 0.717) is 18.8 Å². The first-order valence-corrected chi connectivity index (χ1v) is 12.2. The van der Waals surface area contributed by atoms with E-state index in [0.717, 1.165) is 57.4 Å². The zero-order valence-corrected chi connectivity index (χ0v) is 20.0. The highest BCUT2D eigenvalue weighted by atomic mass is 32.1. The van der Waals surface area contributed by atoms with E-state index in [1.54, 1.807) is 11.3 Å². The summed E-state index contributed by atoms with van der Waals surface area (Å²) in [5.74, 6) is 1.30. The molecule has 0 unspecified atom stereocenters. The number of hydrogen-bond donors (Lipinski definition) is 3. The lowest BCUT2D eigenvalue weighted by molar-refractivity contribution is -0.116. The van der Waals surface area contributed by atoms with Crippen LogP contribution in [0.15, 0.2) is 54.2 Å². The first-order valence-electron chi connectivity index (χ1n) is 11.3. The molecular weight excluding hydrogens is 444 g/mol. The number of nitrogens with zero attached hydrogens (tertiary/aromatic N) is 3. The molecule has 7 nitrogen and oxygen atoms in total. The minimum atomic E-state index is 0.00941. The van der Waals surface area contributed by atoms with Crippen molar-refractivity contribution in [1.29, 1.82) is 0 Å². The maximum atomic E-state index is 12.7. The van der Waals surface area contributed by atoms with E-state index in [1.165, 1.54) is 5.56 Å². The fraction of sp³-hybridized carbons (Fsp3) is 0.231. The maximum Gasteiger partial charge on any atom is 0.229 e. The highest BCUT2D eigenvalue weighted by Gasteiger charge is 2.13. The molecule has 172 valence electrons. The molecule has 3 N–H and O–H groups in total. The molecule has 34 heavy (non-hydrogen) atoms. The Labute approximate surface area is 202 Å². The number of nitrogens with one attached hydrogen (secondary N) is 3. The first-order chi connectivity index (χ1) is 16.5. The van der Waals surface area contributed by atoms with Gasteiger partial charge in [-0.25, -0.2) is 9.97 Å². The van der Waals surface area contributed by atoms with Gasteiger partial charge in [0.05, 0.1) is 11.2 Å². The number of fused-ring (bicyclic) bond motifs is 6. The Bertz CT molecular complexity index is 1350. The molecule has 0 radical (unpaired) electrons. The van der Waals surface area contributed by atoms with Gasteiger partial charge in [-0.15, -0.1) is 11.3 Å². The lowest BCUT2D eigenvalue weighted by atomic mass is 10.0. The molecule has 1 amide bonds. The minimum absolute atomic E-state index is 0.00941. The molecule has 0 atom stereocenters. The summed E-state index contributed by atoms with van der Waals surface area (Å²) in [6.07, 6.45) is 4.58. The molecular formula is C26H26N6OS. The standard InChI is InChI=1S/C26H26N6OS/c1-16-14-27-26-30-20-5-3-4-18(12-20)6-7-19-13-21(29-25(16)32-26)8-9-22(19)31-24(33)11-10-23-17(2)28-15-34-23/h3-5,8-9,12-15H,6-7,10-11H2,1-2H3,(H,31,33)(H2,27,29,30,32). The van der Waals surface area contributed by atoms with Gasteiger partial charge in [-0.2, -0.15) is 4.98 Å². The number of carbonyl (C=O) groups excluding carboxylic acids is 1. The van der Waals surface area contributed by atoms with Crippen molar-refractivity contribution >= 4 is 46.1 Å². The topological polar surface area (TPSA) is 91.8 Å². The monoisotopic (exact) mass is 470 g/mol. The van der Waals surface area contributed by atoms with Gasteiger partial charge in [0.1, 0.15) is 5.82 Å². The average molecular weight is 471 g/mol. The van der Waals surface area contributed by atoms with Gasteiger partial charge >= 0.3 is 0 Å². The predicted molar refractivity (Wildman–Crippen MR) is 137 cm³/mol. The van der Waals surface area contributed by atoms with Crippen molar-refractivity contribution in [2.24, 2.45) is 0 Å². The van der Waals surface area contributed by atoms with Crippen LogP contribution in [0.5, 0.6) is 0 Å². The lowest BCUT2D eigenvalue weighted by Crippen LogP contribution is -2.14. The second kappa shape index (κ2) is 9.61. The van der Waals surface area contributed by atoms with Gasteiger partial charge in [-0.05, 0) is 74.6 Å². The number of hydrogen-bond acceptors (Lipinski definition) is 7. The van der Waals surface area contributed by atoms with Gasteiger partial charge in [-0.1, -0.05) is 12.1 Å². The van der Waals surface area contributed by atoms with Crippen molar-refractivity contribution in [2.45, 2.75) is 39.5 Å². The molecule has 5 rings (SSSR count). The predicted octanol–water partition coefficient (Wildman–Crippen LogP) is 5.71. The van der Waals surface area contributed by atoms with Crippen LogP contribution < -0.4 is 16.0 Å². The molecule has 4 aromatic rings. The SMILES string of the molecule is Cc1cnc2nc1Nc1ccc(NC(=O)CCc3scnc3C)c(c1)CCc1cccc(c1)N2. The van der Waals surface area contributed by atoms with Crippen molar-refractivity contribution in [3.05, 3.63) is 81.4 Å². The van der Waals surface area contributed by atoms with Crippen LogP contribution in [-0.2, 0) is 24.1 Å². The Morgan fingerprint density at radius 1 is 1.06 bits per heavy atom. The third-order valence-electron chi connectivity index (χ3n) is 5.90. The number of aryl methyl sites for hydroxylation is 5. The van der Waals surface area contributed by atoms with Crippen molar-refractivity contribution in [3.8, 4) is 0 Å². The molecule has 8 heteroatoms. The Kier molecular flexibility index (Phi) is 6.22. The third-order valence-corrected chi connectivity index (χ3v) is 6.90. The number of benzene rings is 2. The Hall–Kier alpha value is -3.78. The highest BCUT2D eigenvalue weighted by molar-refractivity contribution is 7.09. The number of thiazole rings is 1. The number of anilines is 5. The van der Waals surface area contributed by atoms with Crippen molar-refractivity contribution in [2.75, 3.05) is 16.0 Å². The van der Waals surface area contributed by atoms with Crippen molar-refractivity contribution in [1.82, 2.24) is 15.0 Å². The molecule has 0 spiro atoms. The normalized spacial score (nSPS) is 12.4. The zero-order chi connectivity index (χ0) is 23.5. The Morgan fingerprint density at radius 3 is 2.79 bits per heavy atom. The summed E-state index contributed by atoms with van der Waals surface area (Å²) in [4.78, 5) is 27.3. The van der Waals surface area contributed by atoms with Crippen LogP contribution in [0.1, 0.15) is 33.7 Å². The van der Waals surface area contributed by atoms with Gasteiger partial charge < -0.3 is 16.0 Å². The summed E-state index contributed by atoms with van der Waals surface area (Å²) >= 11 is 1.60. The molecule has 0 fully saturated rings. The van der Waals surface area contributed by atoms with Crippen molar-refractivity contribution in [3.63, 3.8) is 0 Å². The molecule has 1 aliphatic rings. The van der Waals surface area contributed by atoms with Crippen LogP contribution in [-0.4, -0.2) is 20.9 Å². The number of carbonyl (C=O) groups is 1. The summed E-state index contributed by atoms with van der Waals surface area (Å²) in [7, 11) is 0. The van der Waals surface area contributed by atoms with Crippen LogP contribution in [0.2, 0.25) is 0 Å². The zero-order valence-electron chi connectivity index (χ0n) is 19.2. The fourth-order valence-corrected chi connectivity index (χ4v) is 4.77. The smallest absolute Gasteiger partial charge is 0.229 e. The molecule has 2 aromatic heterocycles. The van der Waals surface area contributed by atoms with E-state index in [2.05, 4.69) is 49.1 Å². The highest BCUT2D eigenvalue weighted by Crippen LogP contribution is 2.28. The quantitative estimate of drug-likeness (QED) is 0.354. The molecule has 0 saturated heterocycles. The van der Waals surface area contributed by atoms with Crippen LogP contribution in [0, 0.1) is 13.8 Å². The second-order valence-electron chi connectivity index (χ2n) is 8.46. The molecule has 6 bridgehead atoms. The van der Waals surface area contributed by atoms with E-state index in [9.17, 15) is 4.79 Å². The van der Waals surface area contributed by atoms with E-state index in [4.69, 9.17) is 0 Å². The lowest BCUT2D eigenvalue weighted by Gasteiger charge is -2.15. The number of rotatable bonds is 4. The van der Waals surface area contributed by atoms with E-state index in [1.807, 2.05) is 49.8 Å².